The van der Waals surface area contributed by atoms with E-state index in [-0.39, 0.29) is 12.5 Å². The Balaban J connectivity index is 1.49. The van der Waals surface area contributed by atoms with Crippen LogP contribution in [0.3, 0.4) is 0 Å². The zero-order valence-electron chi connectivity index (χ0n) is 15.9. The molecule has 148 valence electrons. The van der Waals surface area contributed by atoms with Gasteiger partial charge in [0, 0.05) is 31.7 Å². The van der Waals surface area contributed by atoms with Crippen LogP contribution < -0.4 is 10.1 Å². The van der Waals surface area contributed by atoms with Crippen LogP contribution in [0.2, 0.25) is 5.02 Å². The summed E-state index contributed by atoms with van der Waals surface area (Å²) in [5.74, 6) is 0.359. The maximum absolute atomic E-state index is 12.0. The summed E-state index contributed by atoms with van der Waals surface area (Å²) in [6, 6.07) is 14.7. The number of hydrogen-bond acceptors (Lipinski definition) is 4. The Labute approximate surface area is 176 Å². The number of nitrogens with zero attached hydrogens (tertiary/aromatic N) is 2. The minimum atomic E-state index is -0.263. The number of piperazine rings is 1. The van der Waals surface area contributed by atoms with E-state index in [1.54, 1.807) is 12.1 Å². The van der Waals surface area contributed by atoms with Gasteiger partial charge in [-0.05, 0) is 42.9 Å². The highest BCUT2D eigenvalue weighted by molar-refractivity contribution is 7.80. The van der Waals surface area contributed by atoms with E-state index in [1.807, 2.05) is 36.4 Å². The average molecular weight is 418 g/mol. The van der Waals surface area contributed by atoms with E-state index in [0.29, 0.717) is 16.5 Å². The first-order valence-electron chi connectivity index (χ1n) is 9.35. The molecule has 0 bridgehead atoms. The number of halogens is 1. The van der Waals surface area contributed by atoms with Crippen LogP contribution in [0.25, 0.3) is 0 Å². The molecule has 0 atom stereocenters. The van der Waals surface area contributed by atoms with Crippen molar-refractivity contribution >= 4 is 40.4 Å². The lowest BCUT2D eigenvalue weighted by Crippen LogP contribution is -2.48. The molecule has 0 radical (unpaired) electrons. The Kier molecular flexibility index (Phi) is 7.25. The Bertz CT molecular complexity index is 821. The lowest BCUT2D eigenvalue weighted by atomic mass is 10.2. The normalized spacial score (nSPS) is 14.6. The number of para-hydroxylation sites is 1. The van der Waals surface area contributed by atoms with E-state index in [2.05, 4.69) is 22.0 Å². The van der Waals surface area contributed by atoms with Gasteiger partial charge in [0.15, 0.2) is 6.61 Å². The van der Waals surface area contributed by atoms with Crippen LogP contribution in [-0.4, -0.2) is 60.0 Å². The smallest absolute Gasteiger partial charge is 0.262 e. The van der Waals surface area contributed by atoms with Gasteiger partial charge in [-0.15, -0.1) is 0 Å². The highest BCUT2D eigenvalue weighted by Gasteiger charge is 2.18. The fourth-order valence-corrected chi connectivity index (χ4v) is 3.54. The number of nitrogens with one attached hydrogen (secondary N) is 1. The van der Waals surface area contributed by atoms with Crippen LogP contribution in [0.4, 0.5) is 5.69 Å². The molecule has 1 fully saturated rings. The molecule has 0 spiro atoms. The molecule has 0 aromatic heterocycles. The number of carbonyl (C=O) groups excluding carboxylic acids is 1. The third-order valence-corrected chi connectivity index (χ3v) is 5.55. The summed E-state index contributed by atoms with van der Waals surface area (Å²) >= 11 is 11.7. The van der Waals surface area contributed by atoms with Gasteiger partial charge in [-0.25, -0.2) is 0 Å². The lowest BCUT2D eigenvalue weighted by molar-refractivity contribution is -0.118. The fourth-order valence-electron chi connectivity index (χ4n) is 3.04. The molecule has 2 aromatic carbocycles. The summed E-state index contributed by atoms with van der Waals surface area (Å²) < 4.78 is 5.57. The van der Waals surface area contributed by atoms with Crippen molar-refractivity contribution in [2.45, 2.75) is 6.92 Å². The van der Waals surface area contributed by atoms with E-state index < -0.39 is 0 Å². The van der Waals surface area contributed by atoms with E-state index >= 15 is 0 Å². The minimum absolute atomic E-state index is 0.0893. The summed E-state index contributed by atoms with van der Waals surface area (Å²) in [6.45, 7) is 7.16. The second-order valence-corrected chi connectivity index (χ2v) is 7.36. The lowest BCUT2D eigenvalue weighted by Gasteiger charge is -2.35. The number of hydrogen-bond donors (Lipinski definition) is 1. The highest BCUT2D eigenvalue weighted by atomic mass is 35.5. The number of rotatable bonds is 6. The van der Waals surface area contributed by atoms with Gasteiger partial charge in [0.25, 0.3) is 5.91 Å². The Morgan fingerprint density at radius 1 is 1.11 bits per heavy atom. The number of thiocarbonyl (C=S) groups is 1. The number of ether oxygens (including phenoxy) is 1. The minimum Gasteiger partial charge on any atom is -0.484 e. The molecule has 7 heteroatoms. The standard InChI is InChI=1S/C21H24ClN3O2S/c1-2-24-11-13-25(14-12-24)21(28)16-7-9-17(10-8-16)27-15-20(26)23-19-6-4-3-5-18(19)22/h3-10H,2,11-15H2,1H3,(H,23,26). The van der Waals surface area contributed by atoms with Gasteiger partial charge in [0.2, 0.25) is 0 Å². The quantitative estimate of drug-likeness (QED) is 0.726. The van der Waals surface area contributed by atoms with Crippen molar-refractivity contribution in [2.75, 3.05) is 44.6 Å². The molecule has 3 rings (SSSR count). The second kappa shape index (κ2) is 9.87. The van der Waals surface area contributed by atoms with Crippen LogP contribution in [-0.2, 0) is 4.79 Å². The first-order valence-corrected chi connectivity index (χ1v) is 10.1. The maximum atomic E-state index is 12.0. The Morgan fingerprint density at radius 3 is 2.43 bits per heavy atom. The molecule has 1 saturated heterocycles. The molecule has 28 heavy (non-hydrogen) atoms. The summed E-state index contributed by atoms with van der Waals surface area (Å²) in [5, 5.41) is 3.23. The first kappa shape index (κ1) is 20.6. The first-order chi connectivity index (χ1) is 13.6. The number of carbonyl (C=O) groups is 1. The van der Waals surface area contributed by atoms with Gasteiger partial charge in [0.1, 0.15) is 10.7 Å². The van der Waals surface area contributed by atoms with Crippen molar-refractivity contribution in [1.29, 1.82) is 0 Å². The topological polar surface area (TPSA) is 44.8 Å². The molecule has 5 nitrogen and oxygen atoms in total. The zero-order valence-corrected chi connectivity index (χ0v) is 17.4. The van der Waals surface area contributed by atoms with Gasteiger partial charge in [-0.2, -0.15) is 0 Å². The number of benzene rings is 2. The van der Waals surface area contributed by atoms with Crippen molar-refractivity contribution in [3.63, 3.8) is 0 Å². The molecule has 1 heterocycles. The van der Waals surface area contributed by atoms with Gasteiger partial charge in [-0.3, -0.25) is 4.79 Å². The van der Waals surface area contributed by atoms with Crippen LogP contribution in [0, 0.1) is 0 Å². The second-order valence-electron chi connectivity index (χ2n) is 6.57. The largest absolute Gasteiger partial charge is 0.484 e. The van der Waals surface area contributed by atoms with Crippen LogP contribution in [0.5, 0.6) is 5.75 Å². The molecule has 1 aliphatic rings. The van der Waals surface area contributed by atoms with E-state index in [1.165, 1.54) is 0 Å². The number of anilines is 1. The van der Waals surface area contributed by atoms with Crippen LogP contribution in [0.1, 0.15) is 12.5 Å². The molecule has 0 saturated carbocycles. The molecule has 0 aliphatic carbocycles. The number of amides is 1. The average Bonchev–Trinajstić information content (AvgIpc) is 2.74. The van der Waals surface area contributed by atoms with E-state index in [9.17, 15) is 4.79 Å². The summed E-state index contributed by atoms with van der Waals surface area (Å²) in [7, 11) is 0. The van der Waals surface area contributed by atoms with Crippen molar-refractivity contribution < 1.29 is 9.53 Å². The Morgan fingerprint density at radius 2 is 1.79 bits per heavy atom. The zero-order chi connectivity index (χ0) is 19.9. The van der Waals surface area contributed by atoms with Crippen molar-refractivity contribution in [3.05, 3.63) is 59.1 Å². The van der Waals surface area contributed by atoms with Crippen molar-refractivity contribution in [2.24, 2.45) is 0 Å². The fraction of sp³-hybridized carbons (Fsp3) is 0.333. The van der Waals surface area contributed by atoms with Gasteiger partial charge >= 0.3 is 0 Å². The number of likely N-dealkylation sites (N-methyl/N-ethyl adjacent to an activating group) is 1. The molecule has 0 unspecified atom stereocenters. The van der Waals surface area contributed by atoms with Gasteiger partial charge < -0.3 is 19.9 Å². The van der Waals surface area contributed by atoms with Crippen molar-refractivity contribution in [3.8, 4) is 5.75 Å². The molecular formula is C21H24ClN3O2S. The van der Waals surface area contributed by atoms with Crippen molar-refractivity contribution in [1.82, 2.24) is 9.80 Å². The highest BCUT2D eigenvalue weighted by Crippen LogP contribution is 2.20. The van der Waals surface area contributed by atoms with Gasteiger partial charge in [-0.1, -0.05) is 42.9 Å². The van der Waals surface area contributed by atoms with E-state index in [4.69, 9.17) is 28.6 Å². The Hall–Kier alpha value is -2.15. The third kappa shape index (κ3) is 5.44. The predicted octanol–water partition coefficient (Wildman–Crippen LogP) is 3.67. The summed E-state index contributed by atoms with van der Waals surface area (Å²) in [5.41, 5.74) is 1.56. The molecule has 1 aliphatic heterocycles. The van der Waals surface area contributed by atoms with Crippen LogP contribution >= 0.6 is 23.8 Å². The van der Waals surface area contributed by atoms with E-state index in [0.717, 1.165) is 43.3 Å². The summed E-state index contributed by atoms with van der Waals surface area (Å²) in [4.78, 5) is 17.6. The monoisotopic (exact) mass is 417 g/mol. The van der Waals surface area contributed by atoms with Crippen LogP contribution in [0.15, 0.2) is 48.5 Å². The molecule has 2 aromatic rings. The SMILES string of the molecule is CCN1CCN(C(=S)c2ccc(OCC(=O)Nc3ccccc3Cl)cc2)CC1. The summed E-state index contributed by atoms with van der Waals surface area (Å²) in [6.07, 6.45) is 0. The predicted molar refractivity (Wildman–Crippen MR) is 117 cm³/mol. The molecule has 1 amide bonds. The molecular weight excluding hydrogens is 394 g/mol. The third-order valence-electron chi connectivity index (χ3n) is 4.73. The van der Waals surface area contributed by atoms with Gasteiger partial charge in [0.05, 0.1) is 10.7 Å². The maximum Gasteiger partial charge on any atom is 0.262 e. The molecule has 1 N–H and O–H groups in total.